The molecule has 114 valence electrons. The van der Waals surface area contributed by atoms with Crippen LogP contribution < -0.4 is 5.32 Å². The molecule has 0 fully saturated rings. The van der Waals surface area contributed by atoms with Gasteiger partial charge in [-0.05, 0) is 37.5 Å². The summed E-state index contributed by atoms with van der Waals surface area (Å²) in [5.41, 5.74) is 1.86. The van der Waals surface area contributed by atoms with E-state index < -0.39 is 0 Å². The molecule has 2 aromatic rings. The van der Waals surface area contributed by atoms with Crippen molar-refractivity contribution in [1.29, 1.82) is 0 Å². The third kappa shape index (κ3) is 3.87. The smallest absolute Gasteiger partial charge is 0.252 e. The summed E-state index contributed by atoms with van der Waals surface area (Å²) in [4.78, 5) is 12.5. The van der Waals surface area contributed by atoms with Crippen molar-refractivity contribution >= 4 is 16.8 Å². The van der Waals surface area contributed by atoms with E-state index in [0.717, 1.165) is 35.2 Å². The van der Waals surface area contributed by atoms with E-state index in [2.05, 4.69) is 26.1 Å². The van der Waals surface area contributed by atoms with Crippen LogP contribution in [0.25, 0.3) is 10.9 Å². The topological polar surface area (TPSA) is 34.0 Å². The van der Waals surface area contributed by atoms with E-state index in [0.29, 0.717) is 0 Å². The third-order valence-corrected chi connectivity index (χ3v) is 3.97. The van der Waals surface area contributed by atoms with Crippen molar-refractivity contribution in [3.63, 3.8) is 0 Å². The lowest BCUT2D eigenvalue weighted by atomic mass is 10.0. The van der Waals surface area contributed by atoms with E-state index in [4.69, 9.17) is 0 Å². The van der Waals surface area contributed by atoms with Crippen molar-refractivity contribution in [2.45, 2.75) is 46.1 Å². The van der Waals surface area contributed by atoms with Crippen LogP contribution in [-0.4, -0.2) is 16.5 Å². The molecular weight excluding hydrogens is 260 g/mol. The van der Waals surface area contributed by atoms with Gasteiger partial charge in [0.2, 0.25) is 0 Å². The molecule has 1 atom stereocenters. The molecular formula is C18H26N2O. The van der Waals surface area contributed by atoms with Crippen molar-refractivity contribution in [1.82, 2.24) is 9.88 Å². The lowest BCUT2D eigenvalue weighted by Gasteiger charge is -2.15. The second-order valence-corrected chi connectivity index (χ2v) is 6.36. The maximum Gasteiger partial charge on any atom is 0.252 e. The number of nitrogens with zero attached hydrogens (tertiary/aromatic N) is 1. The Morgan fingerprint density at radius 2 is 1.95 bits per heavy atom. The van der Waals surface area contributed by atoms with Gasteiger partial charge in [0.05, 0.1) is 0 Å². The van der Waals surface area contributed by atoms with Crippen LogP contribution in [0.1, 0.15) is 50.4 Å². The molecule has 0 saturated heterocycles. The molecule has 1 amide bonds. The molecule has 2 rings (SSSR count). The molecule has 0 aliphatic carbocycles. The molecule has 0 unspecified atom stereocenters. The molecule has 1 aromatic carbocycles. The largest absolute Gasteiger partial charge is 0.351 e. The maximum atomic E-state index is 12.5. The van der Waals surface area contributed by atoms with Crippen LogP contribution >= 0.6 is 0 Å². The zero-order valence-electron chi connectivity index (χ0n) is 13.5. The van der Waals surface area contributed by atoms with E-state index in [-0.39, 0.29) is 11.9 Å². The van der Waals surface area contributed by atoms with Gasteiger partial charge in [-0.25, -0.2) is 0 Å². The Bertz CT molecular complexity index is 613. The number of benzene rings is 1. The summed E-state index contributed by atoms with van der Waals surface area (Å²) in [6, 6.07) is 8.11. The Balaban J connectivity index is 2.02. The van der Waals surface area contributed by atoms with Crippen molar-refractivity contribution in [3.05, 3.63) is 36.0 Å². The average Bonchev–Trinajstić information content (AvgIpc) is 2.80. The molecule has 0 saturated carbocycles. The number of aryl methyl sites for hydroxylation is 1. The molecule has 0 radical (unpaired) electrons. The monoisotopic (exact) mass is 286 g/mol. The van der Waals surface area contributed by atoms with Gasteiger partial charge in [-0.1, -0.05) is 32.8 Å². The number of hydrogen-bond acceptors (Lipinski definition) is 1. The number of rotatable bonds is 6. The van der Waals surface area contributed by atoms with Crippen LogP contribution in [0.4, 0.5) is 0 Å². The lowest BCUT2D eigenvalue weighted by Crippen LogP contribution is -2.32. The molecule has 0 spiro atoms. The van der Waals surface area contributed by atoms with Gasteiger partial charge < -0.3 is 9.88 Å². The summed E-state index contributed by atoms with van der Waals surface area (Å²) in [7, 11) is 2.00. The summed E-state index contributed by atoms with van der Waals surface area (Å²) in [6.07, 6.45) is 5.41. The fourth-order valence-corrected chi connectivity index (χ4v) is 2.71. The van der Waals surface area contributed by atoms with Crippen molar-refractivity contribution in [2.75, 3.05) is 0 Å². The van der Waals surface area contributed by atoms with Gasteiger partial charge in [-0.2, -0.15) is 0 Å². The zero-order valence-corrected chi connectivity index (χ0v) is 13.5. The van der Waals surface area contributed by atoms with Crippen LogP contribution in [0.5, 0.6) is 0 Å². The first-order valence-corrected chi connectivity index (χ1v) is 7.84. The van der Waals surface area contributed by atoms with Gasteiger partial charge in [0.15, 0.2) is 0 Å². The number of aromatic nitrogens is 1. The first-order valence-electron chi connectivity index (χ1n) is 7.84. The normalized spacial score (nSPS) is 12.8. The second-order valence-electron chi connectivity index (χ2n) is 6.36. The molecule has 1 heterocycles. The van der Waals surface area contributed by atoms with Crippen molar-refractivity contribution in [2.24, 2.45) is 13.0 Å². The highest BCUT2D eigenvalue weighted by Crippen LogP contribution is 2.19. The minimum Gasteiger partial charge on any atom is -0.351 e. The molecule has 0 bridgehead atoms. The number of nitrogens with one attached hydrogen (secondary N) is 1. The predicted molar refractivity (Wildman–Crippen MR) is 88.5 cm³/mol. The first-order chi connectivity index (χ1) is 9.99. The lowest BCUT2D eigenvalue weighted by molar-refractivity contribution is 0.0939. The summed E-state index contributed by atoms with van der Waals surface area (Å²) >= 11 is 0. The minimum atomic E-state index is 0.0313. The van der Waals surface area contributed by atoms with Crippen LogP contribution in [0, 0.1) is 5.92 Å². The Morgan fingerprint density at radius 1 is 1.19 bits per heavy atom. The van der Waals surface area contributed by atoms with E-state index >= 15 is 0 Å². The highest BCUT2D eigenvalue weighted by Gasteiger charge is 2.13. The van der Waals surface area contributed by atoms with Gasteiger partial charge in [0, 0.05) is 35.8 Å². The minimum absolute atomic E-state index is 0.0313. The van der Waals surface area contributed by atoms with E-state index in [9.17, 15) is 4.79 Å². The Kier molecular flexibility index (Phi) is 5.05. The van der Waals surface area contributed by atoms with E-state index in [1.165, 1.54) is 6.42 Å². The van der Waals surface area contributed by atoms with Crippen LogP contribution in [-0.2, 0) is 7.05 Å². The quantitative estimate of drug-likeness (QED) is 0.851. The fourth-order valence-electron chi connectivity index (χ4n) is 2.71. The van der Waals surface area contributed by atoms with Crippen molar-refractivity contribution in [3.8, 4) is 0 Å². The van der Waals surface area contributed by atoms with Crippen LogP contribution in [0.2, 0.25) is 0 Å². The second kappa shape index (κ2) is 6.79. The number of carbonyl (C=O) groups excluding carboxylic acids is 1. The first kappa shape index (κ1) is 15.6. The van der Waals surface area contributed by atoms with Crippen molar-refractivity contribution < 1.29 is 4.79 Å². The molecule has 0 aliphatic heterocycles. The average molecular weight is 286 g/mol. The molecule has 1 N–H and O–H groups in total. The maximum absolute atomic E-state index is 12.5. The van der Waals surface area contributed by atoms with Gasteiger partial charge in [-0.3, -0.25) is 4.79 Å². The summed E-state index contributed by atoms with van der Waals surface area (Å²) in [5.74, 6) is 0.759. The highest BCUT2D eigenvalue weighted by atomic mass is 16.1. The number of amides is 1. The SMILES string of the molecule is CC(C)CCC[C@H](C)NC(=O)c1cccc2c1ccn2C. The predicted octanol–water partition coefficient (Wildman–Crippen LogP) is 4.12. The zero-order chi connectivity index (χ0) is 15.4. The molecule has 3 heteroatoms. The Hall–Kier alpha value is -1.77. The molecule has 3 nitrogen and oxygen atoms in total. The van der Waals surface area contributed by atoms with Gasteiger partial charge >= 0.3 is 0 Å². The van der Waals surface area contributed by atoms with Crippen LogP contribution in [0.15, 0.2) is 30.5 Å². The summed E-state index contributed by atoms with van der Waals surface area (Å²) in [6.45, 7) is 6.56. The highest BCUT2D eigenvalue weighted by molar-refractivity contribution is 6.06. The van der Waals surface area contributed by atoms with Crippen LogP contribution in [0.3, 0.4) is 0 Å². The number of fused-ring (bicyclic) bond motifs is 1. The Morgan fingerprint density at radius 3 is 2.67 bits per heavy atom. The molecule has 0 aliphatic rings. The third-order valence-electron chi connectivity index (χ3n) is 3.97. The van der Waals surface area contributed by atoms with E-state index in [1.54, 1.807) is 0 Å². The van der Waals surface area contributed by atoms with Gasteiger partial charge in [-0.15, -0.1) is 0 Å². The summed E-state index contributed by atoms with van der Waals surface area (Å²) < 4.78 is 2.04. The van der Waals surface area contributed by atoms with E-state index in [1.807, 2.05) is 42.1 Å². The number of hydrogen-bond donors (Lipinski definition) is 1. The molecule has 1 aromatic heterocycles. The molecule has 21 heavy (non-hydrogen) atoms. The van der Waals surface area contributed by atoms with Gasteiger partial charge in [0.1, 0.15) is 0 Å². The summed E-state index contributed by atoms with van der Waals surface area (Å²) in [5, 5.41) is 4.14. The van der Waals surface area contributed by atoms with Gasteiger partial charge in [0.25, 0.3) is 5.91 Å². The standard InChI is InChI=1S/C18H26N2O/c1-13(2)7-5-8-14(3)19-18(21)16-9-6-10-17-15(16)11-12-20(17)4/h6,9-14H,5,7-8H2,1-4H3,(H,19,21)/t14-/m0/s1. The Labute approximate surface area is 127 Å². The number of carbonyl (C=O) groups is 1. The fraction of sp³-hybridized carbons (Fsp3) is 0.500.